The number of aromatic nitrogens is 5. The molecule has 53 heavy (non-hydrogen) atoms. The fraction of sp³-hybridized carbons (Fsp3) is 0.475. The zero-order valence-electron chi connectivity index (χ0n) is 31.2. The molecular weight excluding hydrogens is 670 g/mol. The molecule has 1 atom stereocenters. The number of carbonyl (C=O) groups is 3. The quantitative estimate of drug-likeness (QED) is 0.164. The van der Waals surface area contributed by atoms with Crippen LogP contribution in [0.5, 0.6) is 0 Å². The number of nitrogens with one attached hydrogen (secondary N) is 3. The molecule has 4 aromatic rings. The Morgan fingerprint density at radius 1 is 0.887 bits per heavy atom. The highest BCUT2D eigenvalue weighted by molar-refractivity contribution is 5.96. The van der Waals surface area contributed by atoms with Crippen molar-refractivity contribution in [1.82, 2.24) is 35.8 Å². The number of H-pyrrole nitrogens is 1. The lowest BCUT2D eigenvalue weighted by molar-refractivity contribution is -0.129. The summed E-state index contributed by atoms with van der Waals surface area (Å²) in [5, 5.41) is 20.0. The van der Waals surface area contributed by atoms with Crippen LogP contribution in [0.1, 0.15) is 58.4 Å². The first-order chi connectivity index (χ1) is 25.5. The minimum Gasteiger partial charge on any atom is -0.444 e. The Kier molecular flexibility index (Phi) is 12.1. The molecule has 3 N–H and O–H groups in total. The lowest BCUT2D eigenvalue weighted by Crippen LogP contribution is -2.44. The standard InChI is InChI=1S/C40H51N9O4/c1-40(2,3)53-39(52)42-25-28-7-11-30(12-8-28)35(50)24-33(38(51)43-34-16-13-31(14-17-34)37-44-46-47-45-37)23-27-5-9-29(10-6-27)32-15-18-36(41-26-32)49-21-19-48(4)20-22-49/h5-6,9-10,13-18,26,28,30,33H,7-8,11-12,19-25H2,1-4H3,(H,42,52)(H,43,51)(H,44,45,46,47)/t28?,30?,33-/m1/s1. The first kappa shape index (κ1) is 37.6. The second kappa shape index (κ2) is 17.1. The number of piperazine rings is 1. The van der Waals surface area contributed by atoms with E-state index in [1.807, 2.05) is 51.2 Å². The lowest BCUT2D eigenvalue weighted by Gasteiger charge is -2.33. The number of Topliss-reactive ketones (excluding diaryl/α,β-unsaturated/α-hetero) is 1. The highest BCUT2D eigenvalue weighted by Gasteiger charge is 2.31. The number of hydrogen-bond acceptors (Lipinski definition) is 10. The molecule has 0 unspecified atom stereocenters. The zero-order chi connectivity index (χ0) is 37.4. The van der Waals surface area contributed by atoms with Crippen LogP contribution in [0.2, 0.25) is 0 Å². The first-order valence-electron chi connectivity index (χ1n) is 18.6. The number of ketones is 1. The summed E-state index contributed by atoms with van der Waals surface area (Å²) < 4.78 is 5.37. The number of hydrogen-bond donors (Lipinski definition) is 3. The minimum atomic E-state index is -0.554. The number of carbonyl (C=O) groups excluding carboxylic acids is 3. The molecule has 0 bridgehead atoms. The first-order valence-corrected chi connectivity index (χ1v) is 18.6. The van der Waals surface area contributed by atoms with Gasteiger partial charge in [0, 0.05) is 74.0 Å². The van der Waals surface area contributed by atoms with E-state index in [9.17, 15) is 14.4 Å². The summed E-state index contributed by atoms with van der Waals surface area (Å²) in [5.41, 5.74) is 3.90. The van der Waals surface area contributed by atoms with Crippen LogP contribution >= 0.6 is 0 Å². The van der Waals surface area contributed by atoms with Gasteiger partial charge < -0.3 is 25.2 Å². The molecule has 6 rings (SSSR count). The van der Waals surface area contributed by atoms with E-state index in [1.165, 1.54) is 0 Å². The summed E-state index contributed by atoms with van der Waals surface area (Å²) >= 11 is 0. The normalized spacial score (nSPS) is 18.6. The Labute approximate surface area is 311 Å². The molecule has 2 amide bonds. The predicted molar refractivity (Wildman–Crippen MR) is 204 cm³/mol. The highest BCUT2D eigenvalue weighted by atomic mass is 16.6. The number of benzene rings is 2. The van der Waals surface area contributed by atoms with Crippen molar-refractivity contribution >= 4 is 29.3 Å². The van der Waals surface area contributed by atoms with Crippen molar-refractivity contribution < 1.29 is 19.1 Å². The molecule has 280 valence electrons. The maximum absolute atomic E-state index is 13.8. The van der Waals surface area contributed by atoms with Crippen LogP contribution in [0.25, 0.3) is 22.5 Å². The predicted octanol–water partition coefficient (Wildman–Crippen LogP) is 5.77. The highest BCUT2D eigenvalue weighted by Crippen LogP contribution is 2.32. The molecule has 2 fully saturated rings. The molecule has 13 heteroatoms. The summed E-state index contributed by atoms with van der Waals surface area (Å²) in [5.74, 6) is 0.993. The van der Waals surface area contributed by atoms with Crippen LogP contribution in [0.15, 0.2) is 66.9 Å². The number of rotatable bonds is 12. The summed E-state index contributed by atoms with van der Waals surface area (Å²) in [4.78, 5) is 49.1. The Morgan fingerprint density at radius 2 is 1.57 bits per heavy atom. The molecular formula is C40H51N9O4. The topological polar surface area (TPSA) is 158 Å². The fourth-order valence-electron chi connectivity index (χ4n) is 7.03. The van der Waals surface area contributed by atoms with Gasteiger partial charge in [0.2, 0.25) is 11.7 Å². The van der Waals surface area contributed by atoms with E-state index >= 15 is 0 Å². The molecule has 1 saturated heterocycles. The lowest BCUT2D eigenvalue weighted by atomic mass is 9.77. The van der Waals surface area contributed by atoms with E-state index in [1.54, 1.807) is 12.1 Å². The molecule has 2 aromatic carbocycles. The number of nitrogens with zero attached hydrogens (tertiary/aromatic N) is 6. The van der Waals surface area contributed by atoms with E-state index in [2.05, 4.69) is 72.4 Å². The average Bonchev–Trinajstić information content (AvgIpc) is 3.70. The maximum Gasteiger partial charge on any atom is 0.407 e. The van der Waals surface area contributed by atoms with Gasteiger partial charge in [0.15, 0.2) is 0 Å². The number of tetrazole rings is 1. The van der Waals surface area contributed by atoms with Crippen LogP contribution in [-0.2, 0) is 20.7 Å². The third-order valence-corrected chi connectivity index (χ3v) is 10.2. The Morgan fingerprint density at radius 3 is 2.19 bits per heavy atom. The van der Waals surface area contributed by atoms with E-state index in [4.69, 9.17) is 9.72 Å². The van der Waals surface area contributed by atoms with Crippen LogP contribution in [0, 0.1) is 17.8 Å². The second-order valence-corrected chi connectivity index (χ2v) is 15.4. The molecule has 1 saturated carbocycles. The number of ether oxygens (including phenoxy) is 1. The van der Waals surface area contributed by atoms with Gasteiger partial charge in [0.25, 0.3) is 0 Å². The van der Waals surface area contributed by atoms with Crippen LogP contribution in [-0.4, -0.2) is 93.7 Å². The van der Waals surface area contributed by atoms with Gasteiger partial charge in [0.1, 0.15) is 17.2 Å². The average molecular weight is 722 g/mol. The summed E-state index contributed by atoms with van der Waals surface area (Å²) in [6, 6.07) is 19.6. The smallest absolute Gasteiger partial charge is 0.407 e. The molecule has 1 aliphatic carbocycles. The van der Waals surface area contributed by atoms with Crippen molar-refractivity contribution in [2.75, 3.05) is 50.0 Å². The van der Waals surface area contributed by atoms with Gasteiger partial charge in [-0.1, -0.05) is 24.3 Å². The number of amides is 2. The van der Waals surface area contributed by atoms with Crippen molar-refractivity contribution in [3.05, 3.63) is 72.4 Å². The van der Waals surface area contributed by atoms with Crippen molar-refractivity contribution in [2.24, 2.45) is 17.8 Å². The van der Waals surface area contributed by atoms with Crippen LogP contribution in [0.4, 0.5) is 16.3 Å². The van der Waals surface area contributed by atoms with Gasteiger partial charge in [-0.05, 0) is 119 Å². The monoisotopic (exact) mass is 721 g/mol. The molecule has 13 nitrogen and oxygen atoms in total. The summed E-state index contributed by atoms with van der Waals surface area (Å²) in [6.07, 6.45) is 5.22. The van der Waals surface area contributed by atoms with Crippen LogP contribution in [0.3, 0.4) is 0 Å². The minimum absolute atomic E-state index is 0.110. The number of pyridine rings is 1. The number of anilines is 2. The molecule has 1 aliphatic heterocycles. The Bertz CT molecular complexity index is 1790. The van der Waals surface area contributed by atoms with E-state index < -0.39 is 17.6 Å². The fourth-order valence-corrected chi connectivity index (χ4v) is 7.03. The number of aromatic amines is 1. The Hall–Kier alpha value is -5.17. The third-order valence-electron chi connectivity index (χ3n) is 10.2. The third kappa shape index (κ3) is 10.7. The van der Waals surface area contributed by atoms with Crippen molar-refractivity contribution in [1.29, 1.82) is 0 Å². The zero-order valence-corrected chi connectivity index (χ0v) is 31.2. The van der Waals surface area contributed by atoms with E-state index in [-0.39, 0.29) is 29.9 Å². The maximum atomic E-state index is 13.8. The van der Waals surface area contributed by atoms with Gasteiger partial charge in [-0.3, -0.25) is 9.59 Å². The van der Waals surface area contributed by atoms with Crippen molar-refractivity contribution in [3.8, 4) is 22.5 Å². The Balaban J connectivity index is 1.09. The number of likely N-dealkylation sites (N-methyl/N-ethyl adjacent to an activating group) is 1. The van der Waals surface area contributed by atoms with Crippen molar-refractivity contribution in [2.45, 2.75) is 64.9 Å². The van der Waals surface area contributed by atoms with Gasteiger partial charge in [-0.15, -0.1) is 10.2 Å². The summed E-state index contributed by atoms with van der Waals surface area (Å²) in [7, 11) is 2.14. The van der Waals surface area contributed by atoms with E-state index in [0.29, 0.717) is 24.5 Å². The molecule has 2 aliphatic rings. The molecule has 0 radical (unpaired) electrons. The SMILES string of the molecule is CN1CCN(c2ccc(-c3ccc(C[C@H](CC(=O)C4CCC(CNC(=O)OC(C)(C)C)CC4)C(=O)Nc4ccc(-c5nn[nH]n5)cc4)cc3)cn2)CC1. The van der Waals surface area contributed by atoms with Crippen LogP contribution < -0.4 is 15.5 Å². The second-order valence-electron chi connectivity index (χ2n) is 15.4. The van der Waals surface area contributed by atoms with E-state index in [0.717, 1.165) is 79.9 Å². The van der Waals surface area contributed by atoms with Gasteiger partial charge >= 0.3 is 6.09 Å². The molecule has 0 spiro atoms. The molecule has 3 heterocycles. The molecule has 2 aromatic heterocycles. The van der Waals surface area contributed by atoms with Crippen molar-refractivity contribution in [3.63, 3.8) is 0 Å². The van der Waals surface area contributed by atoms with Gasteiger partial charge in [-0.2, -0.15) is 5.21 Å². The number of alkyl carbamates (subject to hydrolysis) is 1. The van der Waals surface area contributed by atoms with Gasteiger partial charge in [0.05, 0.1) is 0 Å². The summed E-state index contributed by atoms with van der Waals surface area (Å²) in [6.45, 7) is 10.0. The van der Waals surface area contributed by atoms with Gasteiger partial charge in [-0.25, -0.2) is 9.78 Å². The largest absolute Gasteiger partial charge is 0.444 e.